The van der Waals surface area contributed by atoms with Crippen LogP contribution in [0.15, 0.2) is 0 Å². The predicted octanol–water partition coefficient (Wildman–Crippen LogP) is -1.34. The Morgan fingerprint density at radius 1 is 1.35 bits per heavy atom. The molecule has 98 valence electrons. The lowest BCUT2D eigenvalue weighted by Crippen LogP contribution is -2.47. The van der Waals surface area contributed by atoms with Crippen molar-refractivity contribution in [3.63, 3.8) is 0 Å². The number of nitrogens with two attached hydrogens (primary N) is 1. The first kappa shape index (κ1) is 13.9. The van der Waals surface area contributed by atoms with Gasteiger partial charge in [0.05, 0.1) is 6.54 Å². The molecular formula is C11H22N4O2. The highest BCUT2D eigenvalue weighted by Crippen LogP contribution is 2.09. The number of nitrogens with zero attached hydrogens (tertiary/aromatic N) is 1. The van der Waals surface area contributed by atoms with Gasteiger partial charge in [0, 0.05) is 39.1 Å². The zero-order valence-electron chi connectivity index (χ0n) is 10.4. The van der Waals surface area contributed by atoms with Gasteiger partial charge in [0.1, 0.15) is 0 Å². The molecule has 4 N–H and O–H groups in total. The van der Waals surface area contributed by atoms with Crippen LogP contribution >= 0.6 is 0 Å². The SMILES string of the molecule is CC(=O)NC1CCN(CC(=O)NCCN)CC1. The van der Waals surface area contributed by atoms with Crippen molar-refractivity contribution in [2.24, 2.45) is 5.73 Å². The molecule has 0 unspecified atom stereocenters. The third-order valence-corrected chi connectivity index (χ3v) is 2.83. The van der Waals surface area contributed by atoms with Crippen molar-refractivity contribution in [2.45, 2.75) is 25.8 Å². The molecule has 1 rings (SSSR count). The second-order valence-corrected chi connectivity index (χ2v) is 4.39. The van der Waals surface area contributed by atoms with E-state index in [1.807, 2.05) is 0 Å². The van der Waals surface area contributed by atoms with Crippen molar-refractivity contribution in [2.75, 3.05) is 32.7 Å². The van der Waals surface area contributed by atoms with Gasteiger partial charge in [-0.1, -0.05) is 0 Å². The summed E-state index contributed by atoms with van der Waals surface area (Å²) in [7, 11) is 0. The average Bonchev–Trinajstić information content (AvgIpc) is 2.28. The number of piperidine rings is 1. The fourth-order valence-electron chi connectivity index (χ4n) is 1.99. The molecule has 1 fully saturated rings. The van der Waals surface area contributed by atoms with Crippen molar-refractivity contribution in [3.8, 4) is 0 Å². The molecule has 0 aromatic rings. The molecule has 17 heavy (non-hydrogen) atoms. The molecule has 0 aromatic heterocycles. The summed E-state index contributed by atoms with van der Waals surface area (Å²) in [6.45, 7) is 4.65. The minimum Gasteiger partial charge on any atom is -0.354 e. The summed E-state index contributed by atoms with van der Waals surface area (Å²) in [5.41, 5.74) is 5.31. The highest BCUT2D eigenvalue weighted by molar-refractivity contribution is 5.78. The van der Waals surface area contributed by atoms with Gasteiger partial charge in [-0.2, -0.15) is 0 Å². The summed E-state index contributed by atoms with van der Waals surface area (Å²) in [4.78, 5) is 24.4. The molecule has 6 heteroatoms. The van der Waals surface area contributed by atoms with Crippen molar-refractivity contribution >= 4 is 11.8 Å². The summed E-state index contributed by atoms with van der Waals surface area (Å²) >= 11 is 0. The van der Waals surface area contributed by atoms with Gasteiger partial charge in [-0.3, -0.25) is 14.5 Å². The molecule has 1 heterocycles. The van der Waals surface area contributed by atoms with Crippen LogP contribution in [0.2, 0.25) is 0 Å². The summed E-state index contributed by atoms with van der Waals surface area (Å²) in [6.07, 6.45) is 1.81. The predicted molar refractivity (Wildman–Crippen MR) is 65.3 cm³/mol. The van der Waals surface area contributed by atoms with Gasteiger partial charge in [0.15, 0.2) is 0 Å². The molecule has 0 spiro atoms. The number of amides is 2. The number of hydrogen-bond acceptors (Lipinski definition) is 4. The number of nitrogens with one attached hydrogen (secondary N) is 2. The van der Waals surface area contributed by atoms with Crippen molar-refractivity contribution in [1.29, 1.82) is 0 Å². The third kappa shape index (κ3) is 5.65. The van der Waals surface area contributed by atoms with Crippen molar-refractivity contribution < 1.29 is 9.59 Å². The summed E-state index contributed by atoms with van der Waals surface area (Å²) < 4.78 is 0. The van der Waals surface area contributed by atoms with E-state index < -0.39 is 0 Å². The second kappa shape index (κ2) is 7.24. The van der Waals surface area contributed by atoms with Gasteiger partial charge in [-0.25, -0.2) is 0 Å². The van der Waals surface area contributed by atoms with E-state index in [1.54, 1.807) is 0 Å². The Morgan fingerprint density at radius 3 is 2.53 bits per heavy atom. The maximum absolute atomic E-state index is 11.5. The molecule has 0 radical (unpaired) electrons. The Bertz CT molecular complexity index is 262. The van der Waals surface area contributed by atoms with Crippen LogP contribution in [-0.4, -0.2) is 55.5 Å². The molecule has 1 saturated heterocycles. The van der Waals surface area contributed by atoms with Crippen LogP contribution in [-0.2, 0) is 9.59 Å². The van der Waals surface area contributed by atoms with E-state index in [2.05, 4.69) is 15.5 Å². The number of rotatable bonds is 5. The van der Waals surface area contributed by atoms with Crippen LogP contribution in [0.4, 0.5) is 0 Å². The van der Waals surface area contributed by atoms with Crippen LogP contribution in [0.1, 0.15) is 19.8 Å². The number of carbonyl (C=O) groups excluding carboxylic acids is 2. The Balaban J connectivity index is 2.18. The topological polar surface area (TPSA) is 87.5 Å². The molecule has 0 aromatic carbocycles. The molecule has 1 aliphatic heterocycles. The average molecular weight is 242 g/mol. The fraction of sp³-hybridized carbons (Fsp3) is 0.818. The minimum absolute atomic E-state index is 0.0177. The Labute approximate surface area is 102 Å². The monoisotopic (exact) mass is 242 g/mol. The van der Waals surface area contributed by atoms with Gasteiger partial charge in [0.2, 0.25) is 11.8 Å². The highest BCUT2D eigenvalue weighted by atomic mass is 16.2. The third-order valence-electron chi connectivity index (χ3n) is 2.83. The standard InChI is InChI=1S/C11H22N4O2/c1-9(16)14-10-2-6-15(7-3-10)8-11(17)13-5-4-12/h10H,2-8,12H2,1H3,(H,13,17)(H,14,16). The molecule has 0 atom stereocenters. The second-order valence-electron chi connectivity index (χ2n) is 4.39. The Kier molecular flexibility index (Phi) is 5.93. The lowest BCUT2D eigenvalue weighted by atomic mass is 10.1. The zero-order chi connectivity index (χ0) is 12.7. The molecule has 0 bridgehead atoms. The van der Waals surface area contributed by atoms with E-state index in [9.17, 15) is 9.59 Å². The van der Waals surface area contributed by atoms with Crippen molar-refractivity contribution in [3.05, 3.63) is 0 Å². The van der Waals surface area contributed by atoms with E-state index >= 15 is 0 Å². The number of likely N-dealkylation sites (tertiary alicyclic amines) is 1. The molecular weight excluding hydrogens is 220 g/mol. The fourth-order valence-corrected chi connectivity index (χ4v) is 1.99. The maximum Gasteiger partial charge on any atom is 0.234 e. The van der Waals surface area contributed by atoms with E-state index in [4.69, 9.17) is 5.73 Å². The first-order chi connectivity index (χ1) is 8.11. The summed E-state index contributed by atoms with van der Waals surface area (Å²) in [5, 5.41) is 5.65. The van der Waals surface area contributed by atoms with Gasteiger partial charge in [-0.05, 0) is 12.8 Å². The van der Waals surface area contributed by atoms with E-state index in [0.717, 1.165) is 25.9 Å². The Hall–Kier alpha value is -1.14. The van der Waals surface area contributed by atoms with Gasteiger partial charge >= 0.3 is 0 Å². The summed E-state index contributed by atoms with van der Waals surface area (Å²) in [5.74, 6) is 0.0394. The normalized spacial score (nSPS) is 17.8. The van der Waals surface area contributed by atoms with Crippen LogP contribution in [0.5, 0.6) is 0 Å². The maximum atomic E-state index is 11.5. The first-order valence-electron chi connectivity index (χ1n) is 6.08. The quantitative estimate of drug-likeness (QED) is 0.557. The van der Waals surface area contributed by atoms with Crippen LogP contribution in [0.3, 0.4) is 0 Å². The zero-order valence-corrected chi connectivity index (χ0v) is 10.4. The minimum atomic E-state index is 0.0177. The number of hydrogen-bond donors (Lipinski definition) is 3. The van der Waals surface area contributed by atoms with Gasteiger partial charge in [0.25, 0.3) is 0 Å². The van der Waals surface area contributed by atoms with E-state index in [0.29, 0.717) is 19.6 Å². The highest BCUT2D eigenvalue weighted by Gasteiger charge is 2.20. The molecule has 0 aliphatic carbocycles. The van der Waals surface area contributed by atoms with E-state index in [1.165, 1.54) is 6.92 Å². The van der Waals surface area contributed by atoms with Gasteiger partial charge < -0.3 is 16.4 Å². The lowest BCUT2D eigenvalue weighted by molar-refractivity contribution is -0.123. The molecule has 6 nitrogen and oxygen atoms in total. The molecule has 0 saturated carbocycles. The van der Waals surface area contributed by atoms with Crippen LogP contribution in [0, 0.1) is 0 Å². The Morgan fingerprint density at radius 2 is 2.00 bits per heavy atom. The van der Waals surface area contributed by atoms with Gasteiger partial charge in [-0.15, -0.1) is 0 Å². The van der Waals surface area contributed by atoms with Crippen molar-refractivity contribution in [1.82, 2.24) is 15.5 Å². The largest absolute Gasteiger partial charge is 0.354 e. The van der Waals surface area contributed by atoms with Crippen LogP contribution in [0.25, 0.3) is 0 Å². The molecule has 2 amide bonds. The number of carbonyl (C=O) groups is 2. The smallest absolute Gasteiger partial charge is 0.234 e. The first-order valence-corrected chi connectivity index (χ1v) is 6.08. The van der Waals surface area contributed by atoms with Crippen LogP contribution < -0.4 is 16.4 Å². The lowest BCUT2D eigenvalue weighted by Gasteiger charge is -2.31. The summed E-state index contributed by atoms with van der Waals surface area (Å²) in [6, 6.07) is 0.260. The van der Waals surface area contributed by atoms with E-state index in [-0.39, 0.29) is 17.9 Å². The molecule has 1 aliphatic rings.